The van der Waals surface area contributed by atoms with E-state index in [2.05, 4.69) is 8.09 Å². The second-order valence-electron chi connectivity index (χ2n) is 1.38. The number of nitriles is 1. The van der Waals surface area contributed by atoms with Crippen molar-refractivity contribution in [3.8, 4) is 4.93 Å². The van der Waals surface area contributed by atoms with Crippen LogP contribution in [0.15, 0.2) is 0 Å². The minimum atomic E-state index is -1.91. The lowest BCUT2D eigenvalue weighted by Gasteiger charge is -1.86. The standard InChI is InChI=1S/C2H4NO2.CN.Al/c3-1-2(4)5;1-2;/h3H,1H2,(H,4,5);;/q-1;;+2/p-1. The van der Waals surface area contributed by atoms with Crippen LogP contribution in [-0.2, 0) is 8.58 Å². The molecule has 8 heavy (non-hydrogen) atoms. The van der Waals surface area contributed by atoms with Crippen molar-refractivity contribution in [2.75, 3.05) is 6.54 Å². The maximum Gasteiger partial charge on any atom is 0.809 e. The quantitative estimate of drug-likeness (QED) is 0.409. The topological polar surface area (TPSA) is 62.1 Å². The van der Waals surface area contributed by atoms with Gasteiger partial charge in [0.1, 0.15) is 0 Å². The third-order valence-corrected chi connectivity index (χ3v) is 2.11. The molecule has 0 spiro atoms. The summed E-state index contributed by atoms with van der Waals surface area (Å²) < 4.78 is 7.20. The third-order valence-electron chi connectivity index (χ3n) is 0.798. The number of carbonyl (C=O) groups is 1. The predicted molar refractivity (Wildman–Crippen MR) is 25.5 cm³/mol. The van der Waals surface area contributed by atoms with E-state index in [0.717, 1.165) is 0 Å². The van der Waals surface area contributed by atoms with Gasteiger partial charge in [-0.1, -0.05) is 0 Å². The lowest BCUT2D eigenvalue weighted by molar-refractivity contribution is -0.131. The average molecular weight is 126 g/mol. The van der Waals surface area contributed by atoms with Gasteiger partial charge in [-0.25, -0.2) is 5.26 Å². The number of nitrogens with zero attached hydrogens (tertiary/aromatic N) is 1. The van der Waals surface area contributed by atoms with Gasteiger partial charge in [-0.3, -0.25) is 4.79 Å². The summed E-state index contributed by atoms with van der Waals surface area (Å²) >= 11 is -1.91. The van der Waals surface area contributed by atoms with Crippen molar-refractivity contribution in [3.63, 3.8) is 0 Å². The highest BCUT2D eigenvalue weighted by Gasteiger charge is 2.35. The second-order valence-corrected chi connectivity index (χ2v) is 3.04. The highest BCUT2D eigenvalue weighted by Crippen LogP contribution is 1.88. The van der Waals surface area contributed by atoms with E-state index in [9.17, 15) is 4.79 Å². The zero-order valence-electron chi connectivity index (χ0n) is 4.05. The molecule has 5 heteroatoms. The highest BCUT2D eigenvalue weighted by atomic mass is 27.2. The summed E-state index contributed by atoms with van der Waals surface area (Å²) in [6.07, 6.45) is 0. The van der Waals surface area contributed by atoms with Crippen LogP contribution in [0, 0.1) is 10.2 Å². The van der Waals surface area contributed by atoms with Crippen LogP contribution >= 0.6 is 0 Å². The molecule has 1 N–H and O–H groups in total. The zero-order valence-corrected chi connectivity index (χ0v) is 5.20. The molecule has 1 aliphatic heterocycles. The summed E-state index contributed by atoms with van der Waals surface area (Å²) in [4.78, 5) is 12.1. The van der Waals surface area contributed by atoms with Crippen molar-refractivity contribution in [2.24, 2.45) is 0 Å². The van der Waals surface area contributed by atoms with Crippen molar-refractivity contribution in [3.05, 3.63) is 0 Å². The van der Waals surface area contributed by atoms with E-state index in [0.29, 0.717) is 0 Å². The first-order valence-corrected chi connectivity index (χ1v) is 3.78. The number of hydrogen-bond donors (Lipinski definition) is 1. The molecule has 1 saturated heterocycles. The molecule has 0 amide bonds. The molecule has 0 aromatic rings. The summed E-state index contributed by atoms with van der Waals surface area (Å²) in [5.74, 6) is -0.303. The predicted octanol–water partition coefficient (Wildman–Crippen LogP) is -1.32. The maximum atomic E-state index is 10.2. The monoisotopic (exact) mass is 126 g/mol. The molecule has 40 valence electrons. The minimum absolute atomic E-state index is 0.213. The summed E-state index contributed by atoms with van der Waals surface area (Å²) in [5.41, 5.74) is 0. The van der Waals surface area contributed by atoms with Crippen molar-refractivity contribution in [1.29, 1.82) is 5.26 Å². The van der Waals surface area contributed by atoms with Gasteiger partial charge in [-0.05, 0) is 0 Å². The van der Waals surface area contributed by atoms with E-state index in [4.69, 9.17) is 5.26 Å². The molecule has 4 nitrogen and oxygen atoms in total. The largest absolute Gasteiger partial charge is 0.809 e. The van der Waals surface area contributed by atoms with Crippen LogP contribution in [0.5, 0.6) is 0 Å². The maximum absolute atomic E-state index is 10.2. The summed E-state index contributed by atoms with van der Waals surface area (Å²) in [6, 6.07) is 0. The third kappa shape index (κ3) is 0.989. The van der Waals surface area contributed by atoms with Crippen molar-refractivity contribution in [2.45, 2.75) is 0 Å². The zero-order chi connectivity index (χ0) is 5.98. The molecule has 0 radical (unpaired) electrons. The normalized spacial score (nSPS) is 17.9. The Hall–Kier alpha value is -0.548. The molecule has 1 fully saturated rings. The Morgan fingerprint density at radius 1 is 2.00 bits per heavy atom. The Bertz CT molecular complexity index is 152. The van der Waals surface area contributed by atoms with Gasteiger partial charge >= 0.3 is 14.7 Å². The van der Waals surface area contributed by atoms with Gasteiger partial charge in [0.05, 0.1) is 6.54 Å². The Kier molecular flexibility index (Phi) is 1.50. The summed E-state index contributed by atoms with van der Waals surface area (Å²) in [5, 5.41) is 8.16. The van der Waals surface area contributed by atoms with Crippen molar-refractivity contribution in [1.82, 2.24) is 4.30 Å². The molecule has 0 saturated carbocycles. The SMILES string of the molecule is N#[C][Al]1[NH]CC(=O)[O]1. The summed E-state index contributed by atoms with van der Waals surface area (Å²) in [6.45, 7) is 0.213. The smallest absolute Gasteiger partial charge is 0.593 e. The van der Waals surface area contributed by atoms with Gasteiger partial charge in [0, 0.05) is 4.93 Å². The molecular formula is C3H3AlN2O2. The van der Waals surface area contributed by atoms with Crippen molar-refractivity contribution < 1.29 is 8.58 Å². The first-order valence-electron chi connectivity index (χ1n) is 2.15. The molecule has 1 aliphatic rings. The molecule has 0 aromatic heterocycles. The van der Waals surface area contributed by atoms with Crippen LogP contribution in [0.2, 0.25) is 0 Å². The van der Waals surface area contributed by atoms with E-state index in [1.54, 1.807) is 0 Å². The molecule has 0 atom stereocenters. The van der Waals surface area contributed by atoms with Crippen LogP contribution < -0.4 is 4.30 Å². The van der Waals surface area contributed by atoms with Crippen LogP contribution in [0.4, 0.5) is 0 Å². The van der Waals surface area contributed by atoms with Crippen LogP contribution in [0.25, 0.3) is 0 Å². The molecule has 1 rings (SSSR count). The van der Waals surface area contributed by atoms with Gasteiger partial charge in [-0.15, -0.1) is 0 Å². The molecule has 0 bridgehead atoms. The van der Waals surface area contributed by atoms with E-state index >= 15 is 0 Å². The number of rotatable bonds is 0. The molecule has 1 heterocycles. The van der Waals surface area contributed by atoms with Crippen LogP contribution in [-0.4, -0.2) is 27.2 Å². The Morgan fingerprint density at radius 3 is 3.00 bits per heavy atom. The van der Waals surface area contributed by atoms with Crippen LogP contribution in [0.1, 0.15) is 0 Å². The van der Waals surface area contributed by atoms with Gasteiger partial charge in [0.2, 0.25) is 0 Å². The van der Waals surface area contributed by atoms with E-state index in [1.807, 2.05) is 4.93 Å². The fourth-order valence-electron chi connectivity index (χ4n) is 0.463. The first kappa shape index (κ1) is 5.59. The van der Waals surface area contributed by atoms with Crippen LogP contribution in [0.3, 0.4) is 0 Å². The van der Waals surface area contributed by atoms with E-state index in [-0.39, 0.29) is 12.5 Å². The average Bonchev–Trinajstić information content (AvgIpc) is 2.14. The molecular weight excluding hydrogens is 123 g/mol. The number of nitrogens with one attached hydrogen (secondary N) is 1. The Balaban J connectivity index is 2.47. The van der Waals surface area contributed by atoms with E-state index in [1.165, 1.54) is 0 Å². The van der Waals surface area contributed by atoms with Gasteiger partial charge in [-0.2, -0.15) is 0 Å². The Morgan fingerprint density at radius 2 is 2.75 bits per heavy atom. The van der Waals surface area contributed by atoms with Crippen molar-refractivity contribution >= 4 is 20.7 Å². The second kappa shape index (κ2) is 2.15. The lowest BCUT2D eigenvalue weighted by atomic mass is 10.7. The van der Waals surface area contributed by atoms with Gasteiger partial charge in [0.25, 0.3) is 5.97 Å². The molecule has 0 aliphatic carbocycles. The van der Waals surface area contributed by atoms with E-state index < -0.39 is 14.7 Å². The van der Waals surface area contributed by atoms with Gasteiger partial charge in [0.15, 0.2) is 0 Å². The fourth-order valence-corrected chi connectivity index (χ4v) is 1.39. The summed E-state index contributed by atoms with van der Waals surface area (Å²) in [7, 11) is 0. The highest BCUT2D eigenvalue weighted by molar-refractivity contribution is 6.61. The number of carbonyl (C=O) groups excluding carboxylic acids is 1. The Labute approximate surface area is 51.0 Å². The minimum Gasteiger partial charge on any atom is -0.593 e. The first-order chi connectivity index (χ1) is 3.83. The number of hydrogen-bond acceptors (Lipinski definition) is 4. The van der Waals surface area contributed by atoms with Gasteiger partial charge < -0.3 is 8.09 Å². The molecule has 0 aromatic carbocycles. The molecule has 0 unspecified atom stereocenters. The fraction of sp³-hybridized carbons (Fsp3) is 0.333. The lowest BCUT2D eigenvalue weighted by Crippen LogP contribution is -2.26.